The van der Waals surface area contributed by atoms with E-state index in [1.807, 2.05) is 0 Å². The zero-order valence-corrected chi connectivity index (χ0v) is 11.6. The van der Waals surface area contributed by atoms with Gasteiger partial charge >= 0.3 is 5.97 Å². The summed E-state index contributed by atoms with van der Waals surface area (Å²) in [6.45, 7) is 1.80. The van der Waals surface area contributed by atoms with Crippen molar-refractivity contribution in [2.45, 2.75) is 13.5 Å². The Morgan fingerprint density at radius 1 is 1.48 bits per heavy atom. The molecule has 0 radical (unpaired) electrons. The highest BCUT2D eigenvalue weighted by atomic mass is 16.4. The quantitative estimate of drug-likeness (QED) is 0.664. The molecule has 1 aromatic rings. The van der Waals surface area contributed by atoms with Crippen LogP contribution in [0.4, 0.5) is 5.69 Å². The van der Waals surface area contributed by atoms with Crippen LogP contribution in [0, 0.1) is 5.92 Å². The van der Waals surface area contributed by atoms with Crippen LogP contribution in [0.2, 0.25) is 0 Å². The molecule has 0 bridgehead atoms. The lowest BCUT2D eigenvalue weighted by atomic mass is 10.1. The normalized spacial score (nSPS) is 14.7. The molecule has 112 valence electrons. The summed E-state index contributed by atoms with van der Waals surface area (Å²) in [6, 6.07) is 5.08. The smallest absolute Gasteiger partial charge is 0.308 e. The first kappa shape index (κ1) is 14.8. The van der Waals surface area contributed by atoms with E-state index in [2.05, 4.69) is 5.32 Å². The van der Waals surface area contributed by atoms with Crippen molar-refractivity contribution >= 4 is 23.5 Å². The molecule has 1 aromatic carbocycles. The van der Waals surface area contributed by atoms with Crippen molar-refractivity contribution in [1.82, 2.24) is 10.2 Å². The van der Waals surface area contributed by atoms with Gasteiger partial charge in [-0.2, -0.15) is 0 Å². The summed E-state index contributed by atoms with van der Waals surface area (Å²) >= 11 is 0. The van der Waals surface area contributed by atoms with E-state index in [0.717, 1.165) is 5.56 Å². The highest BCUT2D eigenvalue weighted by molar-refractivity contribution is 6.00. The Morgan fingerprint density at radius 2 is 2.19 bits per heavy atom. The van der Waals surface area contributed by atoms with Crippen LogP contribution in [0.3, 0.4) is 0 Å². The molecule has 1 aliphatic heterocycles. The maximum absolute atomic E-state index is 12.1. The monoisotopic (exact) mass is 291 g/mol. The van der Waals surface area contributed by atoms with E-state index >= 15 is 0 Å². The summed E-state index contributed by atoms with van der Waals surface area (Å²) in [5.41, 5.74) is 7.50. The summed E-state index contributed by atoms with van der Waals surface area (Å²) in [5, 5.41) is 11.2. The minimum Gasteiger partial charge on any atom is -0.481 e. The van der Waals surface area contributed by atoms with Crippen molar-refractivity contribution in [2.75, 3.05) is 18.8 Å². The van der Waals surface area contributed by atoms with Gasteiger partial charge in [-0.3, -0.25) is 14.4 Å². The molecule has 0 unspecified atom stereocenters. The van der Waals surface area contributed by atoms with E-state index in [4.69, 9.17) is 10.8 Å². The summed E-state index contributed by atoms with van der Waals surface area (Å²) in [6.07, 6.45) is 0. The number of hydrogen-bond acceptors (Lipinski definition) is 4. The molecule has 1 aliphatic rings. The van der Waals surface area contributed by atoms with Crippen LogP contribution in [0.5, 0.6) is 0 Å². The second kappa shape index (κ2) is 5.82. The fourth-order valence-corrected chi connectivity index (χ4v) is 2.09. The predicted molar refractivity (Wildman–Crippen MR) is 75.4 cm³/mol. The zero-order chi connectivity index (χ0) is 15.6. The van der Waals surface area contributed by atoms with Gasteiger partial charge in [0.1, 0.15) is 6.54 Å². The third-order valence-corrected chi connectivity index (χ3v) is 3.37. The van der Waals surface area contributed by atoms with Gasteiger partial charge in [0.05, 0.1) is 5.92 Å². The number of rotatable bonds is 5. The number of nitrogens with zero attached hydrogens (tertiary/aromatic N) is 1. The Labute approximate surface area is 121 Å². The predicted octanol–water partition coefficient (Wildman–Crippen LogP) is 0.0615. The van der Waals surface area contributed by atoms with E-state index in [-0.39, 0.29) is 24.9 Å². The minimum atomic E-state index is -0.976. The summed E-state index contributed by atoms with van der Waals surface area (Å²) in [4.78, 5) is 36.0. The number of nitrogens with two attached hydrogens (primary N) is 1. The van der Waals surface area contributed by atoms with Crippen LogP contribution in [-0.2, 0) is 16.1 Å². The average molecular weight is 291 g/mol. The van der Waals surface area contributed by atoms with Gasteiger partial charge in [-0.1, -0.05) is 13.0 Å². The van der Waals surface area contributed by atoms with E-state index in [1.165, 1.54) is 11.8 Å². The van der Waals surface area contributed by atoms with Gasteiger partial charge in [-0.15, -0.1) is 0 Å². The molecule has 0 aliphatic carbocycles. The number of fused-ring (bicyclic) bond motifs is 1. The Morgan fingerprint density at radius 3 is 2.86 bits per heavy atom. The van der Waals surface area contributed by atoms with Gasteiger partial charge in [0.15, 0.2) is 0 Å². The van der Waals surface area contributed by atoms with Crippen molar-refractivity contribution in [3.05, 3.63) is 29.3 Å². The molecule has 7 heteroatoms. The molecular weight excluding hydrogens is 274 g/mol. The number of carboxylic acid groups (broad SMARTS) is 1. The van der Waals surface area contributed by atoms with E-state index in [9.17, 15) is 14.4 Å². The van der Waals surface area contributed by atoms with Crippen molar-refractivity contribution in [2.24, 2.45) is 5.92 Å². The van der Waals surface area contributed by atoms with Crippen molar-refractivity contribution < 1.29 is 19.5 Å². The van der Waals surface area contributed by atoms with Gasteiger partial charge in [0, 0.05) is 24.3 Å². The minimum absolute atomic E-state index is 0.0378. The van der Waals surface area contributed by atoms with Crippen LogP contribution in [0.15, 0.2) is 18.2 Å². The standard InChI is InChI=1S/C14H17N3O4/c1-8(14(20)21)5-16-12(18)7-17-6-9-2-3-10(15)4-11(9)13(17)19/h2-4,8H,5-7,15H2,1H3,(H,16,18)(H,20,21)/t8-/m1/s1. The van der Waals surface area contributed by atoms with Crippen LogP contribution >= 0.6 is 0 Å². The van der Waals surface area contributed by atoms with Gasteiger partial charge in [-0.25, -0.2) is 0 Å². The zero-order valence-electron chi connectivity index (χ0n) is 11.6. The number of nitrogens with one attached hydrogen (secondary N) is 1. The third-order valence-electron chi connectivity index (χ3n) is 3.37. The molecule has 4 N–H and O–H groups in total. The molecule has 2 amide bonds. The summed E-state index contributed by atoms with van der Waals surface area (Å²) < 4.78 is 0. The number of carboxylic acids is 1. The summed E-state index contributed by atoms with van der Waals surface area (Å²) in [5.74, 6) is -2.26. The van der Waals surface area contributed by atoms with Crippen molar-refractivity contribution in [3.8, 4) is 0 Å². The van der Waals surface area contributed by atoms with E-state index in [1.54, 1.807) is 18.2 Å². The fraction of sp³-hybridized carbons (Fsp3) is 0.357. The number of carbonyl (C=O) groups excluding carboxylic acids is 2. The number of benzene rings is 1. The Balaban J connectivity index is 1.92. The van der Waals surface area contributed by atoms with E-state index in [0.29, 0.717) is 17.8 Å². The van der Waals surface area contributed by atoms with Gasteiger partial charge in [-0.05, 0) is 17.7 Å². The molecule has 0 aromatic heterocycles. The fourth-order valence-electron chi connectivity index (χ4n) is 2.09. The number of carbonyl (C=O) groups is 3. The maximum Gasteiger partial charge on any atom is 0.308 e. The lowest BCUT2D eigenvalue weighted by molar-refractivity contribution is -0.141. The largest absolute Gasteiger partial charge is 0.481 e. The first-order valence-corrected chi connectivity index (χ1v) is 6.55. The number of hydrogen-bond donors (Lipinski definition) is 3. The van der Waals surface area contributed by atoms with Crippen molar-refractivity contribution in [1.29, 1.82) is 0 Å². The Kier molecular flexibility index (Phi) is 4.11. The van der Waals surface area contributed by atoms with Crippen molar-refractivity contribution in [3.63, 3.8) is 0 Å². The number of aliphatic carboxylic acids is 1. The molecule has 1 heterocycles. The number of anilines is 1. The first-order chi connectivity index (χ1) is 9.88. The molecule has 2 rings (SSSR count). The highest BCUT2D eigenvalue weighted by Gasteiger charge is 2.28. The topological polar surface area (TPSA) is 113 Å². The molecule has 0 saturated heterocycles. The molecule has 7 nitrogen and oxygen atoms in total. The molecule has 0 fully saturated rings. The second-order valence-electron chi connectivity index (χ2n) is 5.12. The number of amides is 2. The molecule has 0 saturated carbocycles. The average Bonchev–Trinajstić information content (AvgIpc) is 2.73. The maximum atomic E-state index is 12.1. The molecule has 0 spiro atoms. The lowest BCUT2D eigenvalue weighted by Crippen LogP contribution is -2.39. The van der Waals surface area contributed by atoms with Crippen LogP contribution in [-0.4, -0.2) is 40.9 Å². The van der Waals surface area contributed by atoms with Gasteiger partial charge in [0.2, 0.25) is 5.91 Å². The van der Waals surface area contributed by atoms with Crippen LogP contribution < -0.4 is 11.1 Å². The Hall–Kier alpha value is -2.57. The highest BCUT2D eigenvalue weighted by Crippen LogP contribution is 2.24. The second-order valence-corrected chi connectivity index (χ2v) is 5.12. The molecule has 21 heavy (non-hydrogen) atoms. The lowest BCUT2D eigenvalue weighted by Gasteiger charge is -2.15. The van der Waals surface area contributed by atoms with Crippen LogP contribution in [0.1, 0.15) is 22.8 Å². The van der Waals surface area contributed by atoms with E-state index < -0.39 is 11.9 Å². The molecule has 1 atom stereocenters. The van der Waals surface area contributed by atoms with Gasteiger partial charge in [0.25, 0.3) is 5.91 Å². The first-order valence-electron chi connectivity index (χ1n) is 6.55. The Bertz CT molecular complexity index is 600. The molecular formula is C14H17N3O4. The SMILES string of the molecule is C[C@H](CNC(=O)CN1Cc2ccc(N)cc2C1=O)C(=O)O. The van der Waals surface area contributed by atoms with Gasteiger partial charge < -0.3 is 21.1 Å². The number of nitrogen functional groups attached to an aromatic ring is 1. The summed E-state index contributed by atoms with van der Waals surface area (Å²) in [7, 11) is 0. The third kappa shape index (κ3) is 3.31. The van der Waals surface area contributed by atoms with Crippen LogP contribution in [0.25, 0.3) is 0 Å².